The SMILES string of the molecule is CC(=O)S[C@@H]1CC2=CC(=O)CC[C@]2(C)[C@H]2CC[C@@]3(C)[C@@H](CC[C@@]34CCC(=O)O4)[C@H]12.CNCC[C@@H](Oc1ccccc1C)c1ccccc1.Cl. The van der Waals surface area contributed by atoms with Gasteiger partial charge in [-0.3, -0.25) is 14.4 Å². The molecule has 2 aromatic carbocycles. The number of esters is 1. The molecule has 0 bridgehead atoms. The van der Waals surface area contributed by atoms with Gasteiger partial charge in [0.25, 0.3) is 0 Å². The number of rotatable bonds is 7. The van der Waals surface area contributed by atoms with Gasteiger partial charge in [0.15, 0.2) is 10.9 Å². The largest absolute Gasteiger partial charge is 0.485 e. The molecule has 8 atom stereocenters. The predicted octanol–water partition coefficient (Wildman–Crippen LogP) is 9.00. The van der Waals surface area contributed by atoms with Gasteiger partial charge in [-0.25, -0.2) is 0 Å². The number of para-hydroxylation sites is 1. The number of hydrogen-bond acceptors (Lipinski definition) is 7. The molecule has 1 aliphatic heterocycles. The molecule has 1 heterocycles. The van der Waals surface area contributed by atoms with Crippen LogP contribution in [0.3, 0.4) is 0 Å². The molecule has 2 aromatic rings. The molecule has 0 unspecified atom stereocenters. The minimum atomic E-state index is -0.287. The first-order valence-corrected chi connectivity index (χ1v) is 18.9. The third kappa shape index (κ3) is 7.27. The van der Waals surface area contributed by atoms with Crippen LogP contribution in [-0.2, 0) is 19.1 Å². The third-order valence-electron chi connectivity index (χ3n) is 12.8. The zero-order valence-electron chi connectivity index (χ0n) is 29.8. The summed E-state index contributed by atoms with van der Waals surface area (Å²) < 4.78 is 12.2. The van der Waals surface area contributed by atoms with E-state index in [2.05, 4.69) is 56.4 Å². The lowest BCUT2D eigenvalue weighted by Gasteiger charge is -2.61. The van der Waals surface area contributed by atoms with Crippen molar-refractivity contribution in [2.75, 3.05) is 13.6 Å². The smallest absolute Gasteiger partial charge is 0.306 e. The normalized spacial score (nSPS) is 33.4. The lowest BCUT2D eigenvalue weighted by Crippen LogP contribution is -2.57. The van der Waals surface area contributed by atoms with Crippen molar-refractivity contribution in [3.63, 3.8) is 0 Å². The first-order valence-electron chi connectivity index (χ1n) is 18.0. The van der Waals surface area contributed by atoms with Crippen LogP contribution in [0.5, 0.6) is 5.75 Å². The number of ether oxygens (including phenoxy) is 2. The van der Waals surface area contributed by atoms with Crippen molar-refractivity contribution in [3.8, 4) is 5.75 Å². The van der Waals surface area contributed by atoms with Crippen LogP contribution in [0.2, 0.25) is 0 Å². The fourth-order valence-electron chi connectivity index (χ4n) is 10.2. The van der Waals surface area contributed by atoms with Gasteiger partial charge in [0.05, 0.1) is 0 Å². The maximum Gasteiger partial charge on any atom is 0.306 e. The molecule has 0 radical (unpaired) electrons. The Hall–Kier alpha value is -2.61. The van der Waals surface area contributed by atoms with Gasteiger partial charge in [-0.15, -0.1) is 12.4 Å². The van der Waals surface area contributed by atoms with E-state index in [4.69, 9.17) is 9.47 Å². The van der Waals surface area contributed by atoms with E-state index >= 15 is 0 Å². The Labute approximate surface area is 303 Å². The van der Waals surface area contributed by atoms with E-state index in [0.717, 1.165) is 63.7 Å². The number of thioether (sulfide) groups is 1. The van der Waals surface area contributed by atoms with Crippen molar-refractivity contribution in [3.05, 3.63) is 77.4 Å². The van der Waals surface area contributed by atoms with Crippen LogP contribution < -0.4 is 10.1 Å². The molecule has 0 aromatic heterocycles. The van der Waals surface area contributed by atoms with E-state index in [1.165, 1.54) is 28.5 Å². The van der Waals surface area contributed by atoms with E-state index in [0.29, 0.717) is 30.6 Å². The van der Waals surface area contributed by atoms with Gasteiger partial charge in [0.1, 0.15) is 17.5 Å². The number of fused-ring (bicyclic) bond motifs is 6. The molecule has 1 spiro atoms. The topological polar surface area (TPSA) is 81.7 Å². The van der Waals surface area contributed by atoms with E-state index in [1.807, 2.05) is 37.4 Å². The standard InChI is InChI=1S/C24H32O4S.C17H21NO.ClH/c1-14(25)29-19-13-15-12-16(26)4-8-22(15,2)17-5-9-23(3)18(21(17)19)6-10-24(23)11-7-20(27)28-24;1-14-8-6-7-11-16(14)19-17(12-13-18-2)15-9-4-3-5-10-15;/h12,17-19,21H,4-11,13H2,1-3H3;3-11,17-18H,12-13H2,1-2H3;1H/t17-,18-,19+,21+,22-,23-,24+;17-;/m01./s1. The second-order valence-corrected chi connectivity index (χ2v) is 16.7. The molecule has 1 N–H and O–H groups in total. The Bertz CT molecular complexity index is 1550. The fourth-order valence-corrected chi connectivity index (χ4v) is 11.4. The van der Waals surface area contributed by atoms with Crippen LogP contribution in [0.4, 0.5) is 0 Å². The highest BCUT2D eigenvalue weighted by atomic mass is 35.5. The summed E-state index contributed by atoms with van der Waals surface area (Å²) in [5.41, 5.74) is 3.49. The van der Waals surface area contributed by atoms with Crippen LogP contribution >= 0.6 is 24.2 Å². The highest BCUT2D eigenvalue weighted by Crippen LogP contribution is 2.70. The molecule has 0 amide bonds. The molecule has 1 saturated heterocycles. The highest BCUT2D eigenvalue weighted by Gasteiger charge is 2.68. The average molecular weight is 708 g/mol. The Morgan fingerprint density at radius 2 is 1.69 bits per heavy atom. The zero-order chi connectivity index (χ0) is 34.1. The molecular weight excluding hydrogens is 654 g/mol. The van der Waals surface area contributed by atoms with Gasteiger partial charge in [0, 0.05) is 36.9 Å². The van der Waals surface area contributed by atoms with E-state index in [1.54, 1.807) is 6.92 Å². The Morgan fingerprint density at radius 3 is 2.37 bits per heavy atom. The van der Waals surface area contributed by atoms with Gasteiger partial charge < -0.3 is 14.8 Å². The van der Waals surface area contributed by atoms with E-state index in [-0.39, 0.29) is 57.1 Å². The molecule has 3 saturated carbocycles. The van der Waals surface area contributed by atoms with Crippen molar-refractivity contribution in [2.24, 2.45) is 28.6 Å². The van der Waals surface area contributed by atoms with Crippen LogP contribution in [0.1, 0.15) is 102 Å². The number of halogens is 1. The van der Waals surface area contributed by atoms with Crippen LogP contribution in [0.25, 0.3) is 0 Å². The van der Waals surface area contributed by atoms with Crippen molar-refractivity contribution in [1.29, 1.82) is 0 Å². The summed E-state index contributed by atoms with van der Waals surface area (Å²) in [4.78, 5) is 36.4. The fraction of sp³-hybridized carbons (Fsp3) is 0.585. The molecule has 266 valence electrons. The summed E-state index contributed by atoms with van der Waals surface area (Å²) in [6, 6.07) is 18.6. The van der Waals surface area contributed by atoms with Crippen LogP contribution in [0, 0.1) is 35.5 Å². The lowest BCUT2D eigenvalue weighted by molar-refractivity contribution is -0.167. The number of allylic oxidation sites excluding steroid dienone is 1. The number of ketones is 1. The maximum atomic E-state index is 12.2. The summed E-state index contributed by atoms with van der Waals surface area (Å²) in [7, 11) is 1.97. The number of benzene rings is 2. The first-order chi connectivity index (χ1) is 23.0. The van der Waals surface area contributed by atoms with Gasteiger partial charge >= 0.3 is 5.97 Å². The second kappa shape index (κ2) is 15.3. The Morgan fingerprint density at radius 1 is 0.980 bits per heavy atom. The maximum absolute atomic E-state index is 12.2. The summed E-state index contributed by atoms with van der Waals surface area (Å²) >= 11 is 1.50. The lowest BCUT2D eigenvalue weighted by atomic mass is 9.46. The van der Waals surface area contributed by atoms with Gasteiger partial charge in [-0.2, -0.15) is 0 Å². The number of aryl methyl sites for hydroxylation is 1. The molecule has 8 heteroatoms. The minimum Gasteiger partial charge on any atom is -0.485 e. The monoisotopic (exact) mass is 707 g/mol. The van der Waals surface area contributed by atoms with Crippen molar-refractivity contribution >= 4 is 41.0 Å². The molecule has 7 rings (SSSR count). The number of hydrogen-bond donors (Lipinski definition) is 1. The summed E-state index contributed by atoms with van der Waals surface area (Å²) in [6.07, 6.45) is 11.1. The number of nitrogens with one attached hydrogen (secondary N) is 1. The van der Waals surface area contributed by atoms with Crippen molar-refractivity contribution < 1.29 is 23.9 Å². The molecule has 6 nitrogen and oxygen atoms in total. The predicted molar refractivity (Wildman–Crippen MR) is 199 cm³/mol. The van der Waals surface area contributed by atoms with Crippen molar-refractivity contribution in [1.82, 2.24) is 5.32 Å². The number of carbonyl (C=O) groups is 3. The molecular formula is C41H54ClNO5S. The average Bonchev–Trinajstić information content (AvgIpc) is 3.60. The zero-order valence-corrected chi connectivity index (χ0v) is 31.4. The quantitative estimate of drug-likeness (QED) is 0.288. The van der Waals surface area contributed by atoms with Gasteiger partial charge in [-0.1, -0.05) is 79.7 Å². The highest BCUT2D eigenvalue weighted by molar-refractivity contribution is 8.14. The third-order valence-corrected chi connectivity index (χ3v) is 13.9. The van der Waals surface area contributed by atoms with Crippen LogP contribution in [-0.4, -0.2) is 41.3 Å². The van der Waals surface area contributed by atoms with Gasteiger partial charge in [-0.05, 0) is 112 Å². The van der Waals surface area contributed by atoms with Crippen molar-refractivity contribution in [2.45, 2.75) is 109 Å². The van der Waals surface area contributed by atoms with E-state index < -0.39 is 0 Å². The number of carbonyl (C=O) groups excluding carboxylic acids is 3. The Kier molecular flexibility index (Phi) is 11.8. The van der Waals surface area contributed by atoms with Crippen LogP contribution in [0.15, 0.2) is 66.2 Å². The molecule has 5 aliphatic rings. The summed E-state index contributed by atoms with van der Waals surface area (Å²) in [6.45, 7) is 9.43. The Balaban J connectivity index is 0.000000205. The summed E-state index contributed by atoms with van der Waals surface area (Å²) in [5.74, 6) is 2.64. The summed E-state index contributed by atoms with van der Waals surface area (Å²) in [5, 5.41) is 3.60. The molecule has 4 aliphatic carbocycles. The minimum absolute atomic E-state index is 0. The molecule has 49 heavy (non-hydrogen) atoms. The first kappa shape index (κ1) is 37.6. The van der Waals surface area contributed by atoms with Gasteiger partial charge in [0.2, 0.25) is 0 Å². The van der Waals surface area contributed by atoms with E-state index in [9.17, 15) is 14.4 Å². The second-order valence-electron chi connectivity index (χ2n) is 15.3. The molecule has 4 fully saturated rings.